The van der Waals surface area contributed by atoms with Crippen LogP contribution in [0.3, 0.4) is 0 Å². The van der Waals surface area contributed by atoms with Gasteiger partial charge >= 0.3 is 0 Å². The summed E-state index contributed by atoms with van der Waals surface area (Å²) in [5.74, 6) is 6.66. The molecule has 0 spiro atoms. The summed E-state index contributed by atoms with van der Waals surface area (Å²) >= 11 is 1.59. The maximum Gasteiger partial charge on any atom is 0.243 e. The van der Waals surface area contributed by atoms with Crippen molar-refractivity contribution in [3.05, 3.63) is 107 Å². The van der Waals surface area contributed by atoms with E-state index in [1.54, 1.807) is 29.5 Å². The molecule has 5 N–H and O–H groups in total. The lowest BCUT2D eigenvalue weighted by atomic mass is 9.30. The van der Waals surface area contributed by atoms with Crippen molar-refractivity contribution in [1.82, 2.24) is 35.5 Å². The average molecular weight is 1100 g/mol. The van der Waals surface area contributed by atoms with Crippen LogP contribution in [-0.2, 0) is 19.1 Å². The van der Waals surface area contributed by atoms with Crippen LogP contribution in [0.1, 0.15) is 107 Å². The van der Waals surface area contributed by atoms with Gasteiger partial charge in [-0.05, 0) is 104 Å². The van der Waals surface area contributed by atoms with Gasteiger partial charge in [-0.2, -0.15) is 0 Å². The number of amides is 2. The molecule has 0 radical (unpaired) electrons. The first-order valence-electron chi connectivity index (χ1n) is 28.2. The Morgan fingerprint density at radius 2 is 1.70 bits per heavy atom. The number of phenolic OH excluding ortho intramolecular Hbond substituents is 1. The summed E-state index contributed by atoms with van der Waals surface area (Å²) in [7, 11) is 0. The van der Waals surface area contributed by atoms with Crippen molar-refractivity contribution in [2.24, 2.45) is 22.7 Å². The number of aliphatic hydroxyl groups excluding tert-OH is 1. The third-order valence-electron chi connectivity index (χ3n) is 18.2. The molecule has 7 atom stereocenters. The Balaban J connectivity index is 0.568. The van der Waals surface area contributed by atoms with Crippen molar-refractivity contribution < 1.29 is 38.5 Å². The highest BCUT2D eigenvalue weighted by Gasteiger charge is 2.73. The fourth-order valence-corrected chi connectivity index (χ4v) is 14.5. The van der Waals surface area contributed by atoms with Crippen LogP contribution in [0.2, 0.25) is 0 Å². The molecule has 7 heterocycles. The number of carbonyl (C=O) groups is 2. The SMILES string of the molecule is Cc1ncsc1-c1ccc([C@H](C)NC(=O)[C@@H]2C[C@@H](O)CN2C(=O)[C@@H](c2cc(C#CCOCC34CC(CO[C@H]5C[C@H](Oc6cc(N7C8CCC7CN(c7cc(-c9ccccc9O)nnc7N)C8)ccn6)C5)(C3)[C@@H]4C)no2)C(C)C)cc1. The number of nitrogens with one attached hydrogen (secondary N) is 1. The number of aromatic nitrogens is 5. The van der Waals surface area contributed by atoms with Crippen molar-refractivity contribution in [3.63, 3.8) is 0 Å². The number of phenols is 1. The van der Waals surface area contributed by atoms with E-state index in [9.17, 15) is 19.8 Å². The molecular formula is C61H70N10O8S. The van der Waals surface area contributed by atoms with Gasteiger partial charge in [-0.15, -0.1) is 21.5 Å². The number of aliphatic hydroxyl groups is 1. The summed E-state index contributed by atoms with van der Waals surface area (Å²) in [5.41, 5.74) is 15.1. The van der Waals surface area contributed by atoms with Gasteiger partial charge < -0.3 is 54.7 Å². The van der Waals surface area contributed by atoms with Crippen molar-refractivity contribution in [3.8, 4) is 45.2 Å². The van der Waals surface area contributed by atoms with Crippen LogP contribution in [0.4, 0.5) is 17.2 Å². The topological polar surface area (TPSA) is 228 Å². The number of β-amino-alcohol motifs (C(OH)–C–C–N with tert-alkyl or cyclic N) is 1. The number of ether oxygens (including phenoxy) is 3. The molecule has 2 amide bonds. The molecule has 18 nitrogen and oxygen atoms in total. The Morgan fingerprint density at radius 1 is 0.938 bits per heavy atom. The highest BCUT2D eigenvalue weighted by atomic mass is 32.1. The largest absolute Gasteiger partial charge is 0.507 e. The zero-order chi connectivity index (χ0) is 55.5. The van der Waals surface area contributed by atoms with Crippen LogP contribution in [0.15, 0.2) is 89.0 Å². The average Bonchev–Trinajstić information content (AvgIpc) is 4.06. The van der Waals surface area contributed by atoms with Crippen LogP contribution >= 0.6 is 11.3 Å². The number of nitrogens with two attached hydrogens (primary N) is 1. The summed E-state index contributed by atoms with van der Waals surface area (Å²) in [6, 6.07) is 22.4. The zero-order valence-electron chi connectivity index (χ0n) is 46.0. The molecule has 3 aliphatic heterocycles. The Labute approximate surface area is 470 Å². The predicted molar refractivity (Wildman–Crippen MR) is 303 cm³/mol. The van der Waals surface area contributed by atoms with Gasteiger partial charge in [0, 0.05) is 80.6 Å². The quantitative estimate of drug-likeness (QED) is 0.0471. The number of anilines is 3. The first kappa shape index (κ1) is 53.5. The molecule has 2 unspecified atom stereocenters. The number of benzene rings is 2. The number of hydrogen-bond donors (Lipinski definition) is 4. The second-order valence-corrected chi connectivity index (χ2v) is 24.5. The van der Waals surface area contributed by atoms with Crippen molar-refractivity contribution in [1.29, 1.82) is 0 Å². The number of aromatic hydroxyl groups is 1. The van der Waals surface area contributed by atoms with E-state index in [0.717, 1.165) is 91.3 Å². The highest BCUT2D eigenvalue weighted by Crippen LogP contribution is 2.77. The van der Waals surface area contributed by atoms with E-state index in [2.05, 4.69) is 71.3 Å². The summed E-state index contributed by atoms with van der Waals surface area (Å²) < 4.78 is 24.8. The van der Waals surface area contributed by atoms with Crippen LogP contribution < -0.4 is 25.6 Å². The highest BCUT2D eigenvalue weighted by molar-refractivity contribution is 7.13. The van der Waals surface area contributed by atoms with Crippen LogP contribution in [-0.4, -0.2) is 128 Å². The van der Waals surface area contributed by atoms with E-state index < -0.39 is 18.1 Å². The van der Waals surface area contributed by atoms with Crippen molar-refractivity contribution in [2.45, 2.75) is 128 Å². The minimum atomic E-state index is -0.832. The molecule has 7 aliphatic rings. The molecule has 13 rings (SSSR count). The van der Waals surface area contributed by atoms with Gasteiger partial charge in [0.05, 0.1) is 58.9 Å². The molecule has 4 aliphatic carbocycles. The summed E-state index contributed by atoms with van der Waals surface area (Å²) in [5, 5.41) is 37.0. The minimum Gasteiger partial charge on any atom is -0.507 e. The van der Waals surface area contributed by atoms with Crippen molar-refractivity contribution in [2.75, 3.05) is 55.0 Å². The lowest BCUT2D eigenvalue weighted by Crippen LogP contribution is -2.72. The van der Waals surface area contributed by atoms with Crippen LogP contribution in [0.25, 0.3) is 21.7 Å². The predicted octanol–water partition coefficient (Wildman–Crippen LogP) is 8.09. The van der Waals surface area contributed by atoms with E-state index in [1.807, 2.05) is 81.9 Å². The fraction of sp³-hybridized carbons (Fsp3) is 0.492. The molecule has 4 saturated carbocycles. The number of likely N-dealkylation sites (tertiary alicyclic amines) is 1. The number of nitrogens with zero attached hydrogens (tertiary/aromatic N) is 8. The van der Waals surface area contributed by atoms with Gasteiger partial charge in [-0.1, -0.05) is 68.2 Å². The molecule has 19 heteroatoms. The van der Waals surface area contributed by atoms with Gasteiger partial charge in [0.15, 0.2) is 17.3 Å². The second-order valence-electron chi connectivity index (χ2n) is 23.7. The molecule has 418 valence electrons. The van der Waals surface area contributed by atoms with Gasteiger partial charge in [-0.3, -0.25) is 9.59 Å². The molecule has 6 aromatic rings. The Hall–Kier alpha value is -7.11. The van der Waals surface area contributed by atoms with Crippen molar-refractivity contribution >= 4 is 40.3 Å². The number of hydrogen-bond acceptors (Lipinski definition) is 17. The van der Waals surface area contributed by atoms with E-state index >= 15 is 0 Å². The maximum absolute atomic E-state index is 14.2. The van der Waals surface area contributed by atoms with Gasteiger partial charge in [-0.25, -0.2) is 9.97 Å². The molecule has 3 saturated heterocycles. The van der Waals surface area contributed by atoms with E-state index in [4.69, 9.17) is 24.5 Å². The monoisotopic (exact) mass is 1100 g/mol. The van der Waals surface area contributed by atoms with Crippen LogP contribution in [0, 0.1) is 41.4 Å². The number of para-hydroxylation sites is 1. The Bertz CT molecular complexity index is 3290. The smallest absolute Gasteiger partial charge is 0.243 e. The third-order valence-corrected chi connectivity index (χ3v) is 19.2. The maximum atomic E-state index is 14.2. The standard InChI is InChI=1S/C61H70N10O8S/c1-35(2)55(59(75)70-29-45(72)23-51(70)58(74)65-36(3)39-12-14-40(15-13-39)56-37(4)64-34-80-56)53-21-41(68-79-53)9-8-20-76-32-60-30-61(31-60,38(60)5)33-77-46-24-47(25-46)78-54-22-42(18-19-63-54)71-43-16-17-44(71)28-69(27-43)50-26-49(66-67-57(50)62)48-10-6-7-11-52(48)73/h6-7,10-15,18-19,21-22,26,34-36,38,43-47,51,55,72-73H,16-17,20,23-25,27-33H2,1-5H3,(H2,62,67)(H,65,74)/t36-,38+,43?,44?,45+,46-,47-,51-,55+,60?,61?/m0/s1. The lowest BCUT2D eigenvalue weighted by molar-refractivity contribution is -0.313. The normalized spacial score (nSPS) is 27.1. The molecular weight excluding hydrogens is 1030 g/mol. The van der Waals surface area contributed by atoms with Gasteiger partial charge in [0.1, 0.15) is 30.4 Å². The molecule has 7 fully saturated rings. The number of nitrogen functional groups attached to an aromatic ring is 1. The zero-order valence-corrected chi connectivity index (χ0v) is 46.8. The Morgan fingerprint density at radius 3 is 2.42 bits per heavy atom. The molecule has 2 aromatic carbocycles. The summed E-state index contributed by atoms with van der Waals surface area (Å²) in [6.45, 7) is 13.3. The summed E-state index contributed by atoms with van der Waals surface area (Å²) in [4.78, 5) is 44.4. The number of carbonyl (C=O) groups excluding carboxylic acids is 2. The van der Waals surface area contributed by atoms with Gasteiger partial charge in [0.25, 0.3) is 0 Å². The van der Waals surface area contributed by atoms with E-state index in [0.29, 0.717) is 46.9 Å². The first-order valence-corrected chi connectivity index (χ1v) is 29.0. The number of piperazine rings is 1. The fourth-order valence-electron chi connectivity index (χ4n) is 13.7. The van der Waals surface area contributed by atoms with Crippen LogP contribution in [0.5, 0.6) is 11.6 Å². The molecule has 80 heavy (non-hydrogen) atoms. The van der Waals surface area contributed by atoms with E-state index in [-0.39, 0.29) is 84.2 Å². The molecule has 4 bridgehead atoms. The number of rotatable bonds is 18. The lowest BCUT2D eigenvalue weighted by Gasteiger charge is -2.76. The number of aryl methyl sites for hydroxylation is 1. The van der Waals surface area contributed by atoms with Gasteiger partial charge in [0.2, 0.25) is 17.7 Å². The van der Waals surface area contributed by atoms with E-state index in [1.165, 1.54) is 4.90 Å². The number of pyridine rings is 1. The molecule has 4 aromatic heterocycles. The summed E-state index contributed by atoms with van der Waals surface area (Å²) in [6.07, 6.45) is 7.37. The second kappa shape index (κ2) is 21.7. The minimum absolute atomic E-state index is 0.0499. The Kier molecular flexibility index (Phi) is 14.6. The third kappa shape index (κ3) is 10.2. The number of thiazole rings is 1. The number of fused-ring (bicyclic) bond motifs is 2. The first-order chi connectivity index (χ1) is 38.6.